The second-order valence-corrected chi connectivity index (χ2v) is 5.36. The SMILES string of the molecule is CNCC(O)CN1CCN(c2ccccc2Cl)CC1. The highest BCUT2D eigenvalue weighted by Gasteiger charge is 2.20. The Bertz CT molecular complexity index is 394. The molecule has 0 amide bonds. The van der Waals surface area contributed by atoms with Gasteiger partial charge in [0, 0.05) is 39.3 Å². The Morgan fingerprint density at radius 1 is 1.26 bits per heavy atom. The largest absolute Gasteiger partial charge is 0.390 e. The van der Waals surface area contributed by atoms with Crippen molar-refractivity contribution in [3.05, 3.63) is 29.3 Å². The molecule has 0 saturated carbocycles. The van der Waals surface area contributed by atoms with Gasteiger partial charge in [0.25, 0.3) is 0 Å². The first-order valence-corrected chi connectivity index (χ1v) is 7.13. The monoisotopic (exact) mass is 283 g/mol. The van der Waals surface area contributed by atoms with E-state index in [1.54, 1.807) is 0 Å². The maximum Gasteiger partial charge on any atom is 0.0791 e. The lowest BCUT2D eigenvalue weighted by Gasteiger charge is -2.37. The van der Waals surface area contributed by atoms with Crippen molar-refractivity contribution >= 4 is 17.3 Å². The van der Waals surface area contributed by atoms with Crippen molar-refractivity contribution in [2.24, 2.45) is 0 Å². The Morgan fingerprint density at radius 2 is 1.95 bits per heavy atom. The number of nitrogens with zero attached hydrogens (tertiary/aromatic N) is 2. The fourth-order valence-electron chi connectivity index (χ4n) is 2.48. The number of β-amino-alcohol motifs (C(OH)–C–C–N with tert-alkyl or cyclic N) is 1. The maximum absolute atomic E-state index is 9.79. The molecule has 4 nitrogen and oxygen atoms in total. The van der Waals surface area contributed by atoms with Crippen LogP contribution >= 0.6 is 11.6 Å². The number of rotatable bonds is 5. The molecule has 5 heteroatoms. The van der Waals surface area contributed by atoms with Gasteiger partial charge in [0.1, 0.15) is 0 Å². The summed E-state index contributed by atoms with van der Waals surface area (Å²) in [6, 6.07) is 7.97. The molecule has 106 valence electrons. The number of piperazine rings is 1. The van der Waals surface area contributed by atoms with Crippen LogP contribution in [0.3, 0.4) is 0 Å². The van der Waals surface area contributed by atoms with Gasteiger partial charge in [-0.1, -0.05) is 23.7 Å². The van der Waals surface area contributed by atoms with E-state index < -0.39 is 0 Å². The lowest BCUT2D eigenvalue weighted by Crippen LogP contribution is -2.49. The van der Waals surface area contributed by atoms with Crippen LogP contribution < -0.4 is 10.2 Å². The first-order chi connectivity index (χ1) is 9.20. The summed E-state index contributed by atoms with van der Waals surface area (Å²) in [7, 11) is 1.86. The normalized spacial score (nSPS) is 18.6. The lowest BCUT2D eigenvalue weighted by molar-refractivity contribution is 0.109. The highest BCUT2D eigenvalue weighted by molar-refractivity contribution is 6.33. The second-order valence-electron chi connectivity index (χ2n) is 4.95. The number of likely N-dealkylation sites (N-methyl/N-ethyl adjacent to an activating group) is 1. The number of aliphatic hydroxyl groups is 1. The summed E-state index contributed by atoms with van der Waals surface area (Å²) in [6.45, 7) is 5.21. The number of hydrogen-bond acceptors (Lipinski definition) is 4. The Hall–Kier alpha value is -0.810. The third-order valence-electron chi connectivity index (χ3n) is 3.47. The summed E-state index contributed by atoms with van der Waals surface area (Å²) in [5.74, 6) is 0. The minimum absolute atomic E-state index is 0.295. The van der Waals surface area contributed by atoms with Gasteiger partial charge >= 0.3 is 0 Å². The molecule has 1 aliphatic heterocycles. The van der Waals surface area contributed by atoms with Crippen molar-refractivity contribution < 1.29 is 5.11 Å². The minimum Gasteiger partial charge on any atom is -0.390 e. The van der Waals surface area contributed by atoms with E-state index in [1.807, 2.05) is 25.2 Å². The van der Waals surface area contributed by atoms with E-state index >= 15 is 0 Å². The summed E-state index contributed by atoms with van der Waals surface area (Å²) < 4.78 is 0. The number of halogens is 1. The van der Waals surface area contributed by atoms with Crippen LogP contribution in [0.15, 0.2) is 24.3 Å². The predicted molar refractivity (Wildman–Crippen MR) is 80.0 cm³/mol. The van der Waals surface area contributed by atoms with Crippen molar-refractivity contribution in [2.75, 3.05) is 51.2 Å². The minimum atomic E-state index is -0.295. The van der Waals surface area contributed by atoms with Gasteiger partial charge in [0.05, 0.1) is 16.8 Å². The summed E-state index contributed by atoms with van der Waals surface area (Å²) in [5.41, 5.74) is 1.11. The molecule has 2 N–H and O–H groups in total. The number of benzene rings is 1. The molecule has 0 radical (unpaired) electrons. The summed E-state index contributed by atoms with van der Waals surface area (Å²) in [6.07, 6.45) is -0.295. The Morgan fingerprint density at radius 3 is 2.58 bits per heavy atom. The van der Waals surface area contributed by atoms with Crippen molar-refractivity contribution in [3.8, 4) is 0 Å². The van der Waals surface area contributed by atoms with Crippen LogP contribution in [0, 0.1) is 0 Å². The molecule has 1 fully saturated rings. The van der Waals surface area contributed by atoms with Crippen LogP contribution in [-0.2, 0) is 0 Å². The van der Waals surface area contributed by atoms with Gasteiger partial charge < -0.3 is 15.3 Å². The average Bonchev–Trinajstić information content (AvgIpc) is 2.41. The highest BCUT2D eigenvalue weighted by atomic mass is 35.5. The van der Waals surface area contributed by atoms with Crippen molar-refractivity contribution in [3.63, 3.8) is 0 Å². The molecule has 0 spiro atoms. The Balaban J connectivity index is 1.84. The zero-order valence-electron chi connectivity index (χ0n) is 11.3. The van der Waals surface area contributed by atoms with E-state index in [4.69, 9.17) is 11.6 Å². The van der Waals surface area contributed by atoms with Gasteiger partial charge in [0.2, 0.25) is 0 Å². The Labute approximate surface area is 120 Å². The lowest BCUT2D eigenvalue weighted by atomic mass is 10.2. The van der Waals surface area contributed by atoms with Crippen LogP contribution in [0.5, 0.6) is 0 Å². The quantitative estimate of drug-likeness (QED) is 0.847. The number of anilines is 1. The standard InChI is InChI=1S/C14H22ClN3O/c1-16-10-12(19)11-17-6-8-18(9-7-17)14-5-3-2-4-13(14)15/h2-5,12,16,19H,6-11H2,1H3. The molecule has 19 heavy (non-hydrogen) atoms. The third kappa shape index (κ3) is 4.08. The average molecular weight is 284 g/mol. The molecular weight excluding hydrogens is 262 g/mol. The van der Waals surface area contributed by atoms with Crippen molar-refractivity contribution in [2.45, 2.75) is 6.10 Å². The number of hydrogen-bond donors (Lipinski definition) is 2. The molecule has 1 heterocycles. The van der Waals surface area contributed by atoms with E-state index in [9.17, 15) is 5.11 Å². The van der Waals surface area contributed by atoms with E-state index in [2.05, 4.69) is 21.2 Å². The molecule has 2 rings (SSSR count). The van der Waals surface area contributed by atoms with Crippen LogP contribution in [0.4, 0.5) is 5.69 Å². The van der Waals surface area contributed by atoms with Gasteiger partial charge in [-0.05, 0) is 19.2 Å². The summed E-state index contributed by atoms with van der Waals surface area (Å²) >= 11 is 6.22. The molecule has 1 atom stereocenters. The Kier molecular flexibility index (Phi) is 5.45. The predicted octanol–water partition coefficient (Wildman–Crippen LogP) is 1.04. The highest BCUT2D eigenvalue weighted by Crippen LogP contribution is 2.25. The molecule has 0 aliphatic carbocycles. The third-order valence-corrected chi connectivity index (χ3v) is 3.79. The van der Waals surface area contributed by atoms with Gasteiger partial charge in [-0.2, -0.15) is 0 Å². The molecule has 1 aliphatic rings. The van der Waals surface area contributed by atoms with Gasteiger partial charge in [-0.3, -0.25) is 4.90 Å². The number of aliphatic hydroxyl groups excluding tert-OH is 1. The van der Waals surface area contributed by atoms with Crippen molar-refractivity contribution in [1.29, 1.82) is 0 Å². The van der Waals surface area contributed by atoms with E-state index in [0.29, 0.717) is 6.54 Å². The van der Waals surface area contributed by atoms with Crippen LogP contribution in [-0.4, -0.2) is 62.4 Å². The fraction of sp³-hybridized carbons (Fsp3) is 0.571. The summed E-state index contributed by atoms with van der Waals surface area (Å²) in [4.78, 5) is 4.61. The number of para-hydroxylation sites is 1. The molecule has 0 aromatic heterocycles. The van der Waals surface area contributed by atoms with Crippen LogP contribution in [0.2, 0.25) is 5.02 Å². The summed E-state index contributed by atoms with van der Waals surface area (Å²) in [5, 5.41) is 13.6. The molecule has 1 saturated heterocycles. The maximum atomic E-state index is 9.79. The zero-order valence-corrected chi connectivity index (χ0v) is 12.1. The zero-order chi connectivity index (χ0) is 13.7. The first kappa shape index (κ1) is 14.6. The molecule has 1 aromatic carbocycles. The molecule has 0 bridgehead atoms. The second kappa shape index (κ2) is 7.10. The van der Waals surface area contributed by atoms with Crippen LogP contribution in [0.1, 0.15) is 0 Å². The van der Waals surface area contributed by atoms with Gasteiger partial charge in [0.15, 0.2) is 0 Å². The molecule has 1 aromatic rings. The van der Waals surface area contributed by atoms with Gasteiger partial charge in [-0.15, -0.1) is 0 Å². The number of nitrogens with one attached hydrogen (secondary N) is 1. The smallest absolute Gasteiger partial charge is 0.0791 e. The van der Waals surface area contributed by atoms with E-state index in [1.165, 1.54) is 0 Å². The fourth-order valence-corrected chi connectivity index (χ4v) is 2.73. The molecule has 1 unspecified atom stereocenters. The van der Waals surface area contributed by atoms with E-state index in [0.717, 1.165) is 43.4 Å². The van der Waals surface area contributed by atoms with E-state index in [-0.39, 0.29) is 6.10 Å². The van der Waals surface area contributed by atoms with Crippen molar-refractivity contribution in [1.82, 2.24) is 10.2 Å². The molecular formula is C14H22ClN3O. The van der Waals surface area contributed by atoms with Gasteiger partial charge in [-0.25, -0.2) is 0 Å². The first-order valence-electron chi connectivity index (χ1n) is 6.75. The topological polar surface area (TPSA) is 38.7 Å². The van der Waals surface area contributed by atoms with Crippen LogP contribution in [0.25, 0.3) is 0 Å².